The lowest BCUT2D eigenvalue weighted by molar-refractivity contribution is -0.305. The molecule has 0 aromatic carbocycles. The molecule has 0 spiro atoms. The van der Waals surface area contributed by atoms with Crippen molar-refractivity contribution in [3.05, 3.63) is 48.6 Å². The highest BCUT2D eigenvalue weighted by Crippen LogP contribution is 2.26. The molecule has 0 aromatic heterocycles. The molecule has 0 aromatic rings. The van der Waals surface area contributed by atoms with Crippen molar-refractivity contribution in [3.8, 4) is 0 Å². The Hall–Kier alpha value is -2.38. The van der Waals surface area contributed by atoms with Gasteiger partial charge in [0.2, 0.25) is 5.91 Å². The molecule has 1 fully saturated rings. The van der Waals surface area contributed by atoms with Crippen LogP contribution in [0.5, 0.6) is 0 Å². The summed E-state index contributed by atoms with van der Waals surface area (Å²) in [4.78, 5) is 26.6. The second kappa shape index (κ2) is 55.2. The highest BCUT2D eigenvalue weighted by molar-refractivity contribution is 5.80. The van der Waals surface area contributed by atoms with E-state index in [0.29, 0.717) is 19.3 Å². The third kappa shape index (κ3) is 42.5. The molecule has 0 bridgehead atoms. The number of aliphatic hydroxyl groups excluding tert-OH is 5. The first-order valence-corrected chi connectivity index (χ1v) is 32.9. The van der Waals surface area contributed by atoms with Crippen molar-refractivity contribution in [3.63, 3.8) is 0 Å². The van der Waals surface area contributed by atoms with Crippen molar-refractivity contribution in [2.75, 3.05) is 13.2 Å². The normalized spacial score (nSPS) is 19.2. The van der Waals surface area contributed by atoms with Gasteiger partial charge in [-0.15, -0.1) is 0 Å². The number of esters is 1. The fourth-order valence-electron chi connectivity index (χ4n) is 10.3. The lowest BCUT2D eigenvalue weighted by Gasteiger charge is -2.41. The van der Waals surface area contributed by atoms with E-state index in [-0.39, 0.29) is 13.0 Å². The minimum atomic E-state index is -1.62. The van der Waals surface area contributed by atoms with E-state index in [2.05, 4.69) is 62.5 Å². The summed E-state index contributed by atoms with van der Waals surface area (Å²) in [5.41, 5.74) is 0. The Morgan fingerprint density at radius 3 is 1.38 bits per heavy atom. The zero-order chi connectivity index (χ0) is 56.8. The van der Waals surface area contributed by atoms with Crippen LogP contribution in [0.1, 0.15) is 303 Å². The van der Waals surface area contributed by atoms with E-state index in [4.69, 9.17) is 14.2 Å². The lowest BCUT2D eigenvalue weighted by atomic mass is 9.99. The van der Waals surface area contributed by atoms with Crippen LogP contribution in [0.15, 0.2) is 48.6 Å². The summed E-state index contributed by atoms with van der Waals surface area (Å²) in [5.74, 6) is -1.21. The number of aliphatic hydroxyl groups is 5. The molecule has 78 heavy (non-hydrogen) atoms. The van der Waals surface area contributed by atoms with Crippen LogP contribution >= 0.6 is 0 Å². The first-order chi connectivity index (χ1) is 38.2. The molecule has 8 unspecified atom stereocenters. The molecule has 1 saturated heterocycles. The maximum absolute atomic E-state index is 13.5. The number of unbranched alkanes of at least 4 members (excludes halogenated alkanes) is 36. The van der Waals surface area contributed by atoms with Gasteiger partial charge in [0.05, 0.1) is 25.4 Å². The SMILES string of the molecule is CC/C=C/C/C=C/C/C=C/CCCCCCC(=O)OC1C(OCC(NC(=O)C(O)CCCCCCCCCCCCCCCCCCCCCCCC)C(O)/C=C/CCCCCCCCCCCCC)OC(CO)C(O)C1O. The van der Waals surface area contributed by atoms with Crippen LogP contribution in [0.25, 0.3) is 0 Å². The largest absolute Gasteiger partial charge is 0.454 e. The summed E-state index contributed by atoms with van der Waals surface area (Å²) >= 11 is 0. The molecular formula is C67H123NO10. The highest BCUT2D eigenvalue weighted by Gasteiger charge is 2.47. The molecule has 1 amide bonds. The Morgan fingerprint density at radius 2 is 0.923 bits per heavy atom. The number of carbonyl (C=O) groups excluding carboxylic acids is 2. The van der Waals surface area contributed by atoms with Gasteiger partial charge in [0.25, 0.3) is 0 Å². The van der Waals surface area contributed by atoms with Gasteiger partial charge in [-0.1, -0.05) is 288 Å². The third-order valence-corrected chi connectivity index (χ3v) is 15.5. The first kappa shape index (κ1) is 73.6. The minimum absolute atomic E-state index is 0.0986. The third-order valence-electron chi connectivity index (χ3n) is 15.5. The Kier molecular flexibility index (Phi) is 52.1. The van der Waals surface area contributed by atoms with Crippen molar-refractivity contribution in [2.24, 2.45) is 0 Å². The van der Waals surface area contributed by atoms with E-state index in [1.807, 2.05) is 6.08 Å². The van der Waals surface area contributed by atoms with Gasteiger partial charge in [0.1, 0.15) is 24.4 Å². The van der Waals surface area contributed by atoms with Crippen molar-refractivity contribution >= 4 is 11.9 Å². The highest BCUT2D eigenvalue weighted by atomic mass is 16.7. The van der Waals surface area contributed by atoms with Crippen LogP contribution < -0.4 is 5.32 Å². The number of rotatable bonds is 56. The summed E-state index contributed by atoms with van der Waals surface area (Å²) < 4.78 is 17.6. The Bertz CT molecular complexity index is 1450. The molecule has 11 nitrogen and oxygen atoms in total. The van der Waals surface area contributed by atoms with Gasteiger partial charge in [0, 0.05) is 6.42 Å². The second-order valence-corrected chi connectivity index (χ2v) is 22.8. The molecule has 8 atom stereocenters. The number of nitrogens with one attached hydrogen (secondary N) is 1. The summed E-state index contributed by atoms with van der Waals surface area (Å²) in [7, 11) is 0. The van der Waals surface area contributed by atoms with Crippen LogP contribution in [-0.4, -0.2) is 99.6 Å². The van der Waals surface area contributed by atoms with E-state index in [9.17, 15) is 35.1 Å². The fraction of sp³-hybridized carbons (Fsp3) is 0.851. The minimum Gasteiger partial charge on any atom is -0.454 e. The molecule has 6 N–H and O–H groups in total. The average Bonchev–Trinajstić information content (AvgIpc) is 3.46. The van der Waals surface area contributed by atoms with Crippen LogP contribution in [-0.2, 0) is 23.8 Å². The van der Waals surface area contributed by atoms with E-state index in [0.717, 1.165) is 83.5 Å². The monoisotopic (exact) mass is 1100 g/mol. The molecule has 11 heteroatoms. The van der Waals surface area contributed by atoms with E-state index >= 15 is 0 Å². The van der Waals surface area contributed by atoms with Crippen molar-refractivity contribution in [2.45, 2.75) is 352 Å². The van der Waals surface area contributed by atoms with Gasteiger partial charge in [0.15, 0.2) is 12.4 Å². The molecule has 1 aliphatic rings. The van der Waals surface area contributed by atoms with Crippen molar-refractivity contribution in [1.82, 2.24) is 5.32 Å². The van der Waals surface area contributed by atoms with E-state index < -0.39 is 67.4 Å². The van der Waals surface area contributed by atoms with Crippen molar-refractivity contribution in [1.29, 1.82) is 0 Å². The Morgan fingerprint density at radius 1 is 0.513 bits per heavy atom. The van der Waals surface area contributed by atoms with Gasteiger partial charge < -0.3 is 45.1 Å². The van der Waals surface area contributed by atoms with Crippen LogP contribution in [0, 0.1) is 0 Å². The van der Waals surface area contributed by atoms with Gasteiger partial charge in [-0.05, 0) is 57.8 Å². The maximum Gasteiger partial charge on any atom is 0.306 e. The molecule has 456 valence electrons. The number of allylic oxidation sites excluding steroid dienone is 7. The summed E-state index contributed by atoms with van der Waals surface area (Å²) in [6.07, 6.45) is 57.3. The topological polar surface area (TPSA) is 175 Å². The van der Waals surface area contributed by atoms with Crippen LogP contribution in [0.2, 0.25) is 0 Å². The predicted molar refractivity (Wildman–Crippen MR) is 324 cm³/mol. The molecule has 1 aliphatic heterocycles. The van der Waals surface area contributed by atoms with Gasteiger partial charge in [-0.25, -0.2) is 0 Å². The predicted octanol–water partition coefficient (Wildman–Crippen LogP) is 16.0. The number of hydrogen-bond donors (Lipinski definition) is 6. The molecular weight excluding hydrogens is 979 g/mol. The van der Waals surface area contributed by atoms with E-state index in [1.54, 1.807) is 6.08 Å². The van der Waals surface area contributed by atoms with Gasteiger partial charge in [-0.3, -0.25) is 9.59 Å². The van der Waals surface area contributed by atoms with Crippen molar-refractivity contribution < 1.29 is 49.3 Å². The Balaban J connectivity index is 2.63. The van der Waals surface area contributed by atoms with Crippen LogP contribution in [0.3, 0.4) is 0 Å². The molecule has 1 heterocycles. The average molecular weight is 1100 g/mol. The van der Waals surface area contributed by atoms with Gasteiger partial charge in [-0.2, -0.15) is 0 Å². The number of hydrogen-bond acceptors (Lipinski definition) is 10. The zero-order valence-electron chi connectivity index (χ0n) is 50.5. The molecule has 0 radical (unpaired) electrons. The Labute approximate surface area is 478 Å². The van der Waals surface area contributed by atoms with Gasteiger partial charge >= 0.3 is 5.97 Å². The lowest BCUT2D eigenvalue weighted by Crippen LogP contribution is -2.61. The summed E-state index contributed by atoms with van der Waals surface area (Å²) in [6.45, 7) is 5.69. The smallest absolute Gasteiger partial charge is 0.306 e. The summed E-state index contributed by atoms with van der Waals surface area (Å²) in [6, 6.07) is -1.03. The zero-order valence-corrected chi connectivity index (χ0v) is 50.5. The summed E-state index contributed by atoms with van der Waals surface area (Å²) in [5, 5.41) is 57.1. The standard InChI is InChI=1S/C67H123NO10/c1-4-7-10-13-16-19-22-25-27-28-29-30-31-32-33-34-36-39-42-45-48-51-54-60(71)66(75)68-58(59(70)53-50-47-44-41-38-35-24-21-18-15-12-9-6-3)57-76-67-65(64(74)63(73)61(56-69)77-67)78-62(72)55-52-49-46-43-40-37-26-23-20-17-14-11-8-5-2/h8,11,17,20,26,37,50,53,58-61,63-65,67,69-71,73-74H,4-7,9-10,12-16,18-19,21-25,27-36,38-49,51-52,54-57H2,1-3H3,(H,68,75)/b11-8+,20-17+,37-26+,53-50+. The fourth-order valence-corrected chi connectivity index (χ4v) is 10.3. The number of ether oxygens (including phenoxy) is 3. The van der Waals surface area contributed by atoms with Crippen LogP contribution in [0.4, 0.5) is 0 Å². The molecule has 0 aliphatic carbocycles. The number of carbonyl (C=O) groups is 2. The number of amides is 1. The quantitative estimate of drug-likeness (QED) is 0.0195. The second-order valence-electron chi connectivity index (χ2n) is 22.8. The maximum atomic E-state index is 13.5. The molecule has 1 rings (SSSR count). The molecule has 0 saturated carbocycles. The first-order valence-electron chi connectivity index (χ1n) is 32.9. The van der Waals surface area contributed by atoms with E-state index in [1.165, 1.54) is 173 Å².